The van der Waals surface area contributed by atoms with Gasteiger partial charge >= 0.3 is 0 Å². The average Bonchev–Trinajstić information content (AvgIpc) is 2.70. The fraction of sp³-hybridized carbons (Fsp3) is 0.923. The molecule has 0 bridgehead atoms. The van der Waals surface area contributed by atoms with Gasteiger partial charge in [0.2, 0.25) is 5.91 Å². The maximum atomic E-state index is 12.3. The number of nitrogens with one attached hydrogen (secondary N) is 1. The van der Waals surface area contributed by atoms with Gasteiger partial charge in [0.25, 0.3) is 0 Å². The van der Waals surface area contributed by atoms with Gasteiger partial charge in [-0.15, -0.1) is 0 Å². The predicted octanol–water partition coefficient (Wildman–Crippen LogP) is 1.92. The number of amides is 1. The zero-order valence-electron chi connectivity index (χ0n) is 10.5. The van der Waals surface area contributed by atoms with Gasteiger partial charge in [0, 0.05) is 24.5 Å². The molecule has 0 aromatic heterocycles. The first kappa shape index (κ1) is 11.9. The molecule has 0 aromatic rings. The summed E-state index contributed by atoms with van der Waals surface area (Å²) in [4.78, 5) is 14.4. The fourth-order valence-corrected chi connectivity index (χ4v) is 3.16. The van der Waals surface area contributed by atoms with E-state index < -0.39 is 0 Å². The summed E-state index contributed by atoms with van der Waals surface area (Å²) >= 11 is 0. The standard InChI is InChI=1S/C13H24N2O/c1-10-5-3-6-11(2)15(10)13(16)9-12-7-4-8-14-12/h10-12,14H,3-9H2,1-2H3. The van der Waals surface area contributed by atoms with Crippen molar-refractivity contribution < 1.29 is 4.79 Å². The van der Waals surface area contributed by atoms with Gasteiger partial charge in [0.1, 0.15) is 0 Å². The molecule has 2 rings (SSSR count). The van der Waals surface area contributed by atoms with Crippen LogP contribution >= 0.6 is 0 Å². The van der Waals surface area contributed by atoms with Crippen molar-refractivity contribution in [1.82, 2.24) is 10.2 Å². The van der Waals surface area contributed by atoms with Gasteiger partial charge in [-0.3, -0.25) is 4.79 Å². The molecule has 2 aliphatic heterocycles. The molecule has 1 amide bonds. The van der Waals surface area contributed by atoms with E-state index in [1.807, 2.05) is 0 Å². The summed E-state index contributed by atoms with van der Waals surface area (Å²) in [6.07, 6.45) is 6.72. The van der Waals surface area contributed by atoms with Gasteiger partial charge in [-0.1, -0.05) is 0 Å². The molecule has 2 fully saturated rings. The van der Waals surface area contributed by atoms with Crippen LogP contribution in [0.3, 0.4) is 0 Å². The van der Waals surface area contributed by atoms with Crippen LogP contribution in [0.25, 0.3) is 0 Å². The summed E-state index contributed by atoms with van der Waals surface area (Å²) in [6.45, 7) is 5.47. The molecule has 3 unspecified atom stereocenters. The predicted molar refractivity (Wildman–Crippen MR) is 65.3 cm³/mol. The third kappa shape index (κ3) is 2.57. The van der Waals surface area contributed by atoms with E-state index in [4.69, 9.17) is 0 Å². The van der Waals surface area contributed by atoms with E-state index >= 15 is 0 Å². The van der Waals surface area contributed by atoms with Crippen LogP contribution in [-0.2, 0) is 4.79 Å². The lowest BCUT2D eigenvalue weighted by atomic mass is 9.96. The normalized spacial score (nSPS) is 35.4. The van der Waals surface area contributed by atoms with E-state index in [1.54, 1.807) is 0 Å². The lowest BCUT2D eigenvalue weighted by Gasteiger charge is -2.39. The Bertz CT molecular complexity index is 238. The van der Waals surface area contributed by atoms with Crippen LogP contribution in [0.4, 0.5) is 0 Å². The minimum atomic E-state index is 0.360. The Kier molecular flexibility index (Phi) is 3.85. The smallest absolute Gasteiger partial charge is 0.224 e. The average molecular weight is 224 g/mol. The van der Waals surface area contributed by atoms with Gasteiger partial charge in [-0.05, 0) is 52.5 Å². The molecular weight excluding hydrogens is 200 g/mol. The van der Waals surface area contributed by atoms with Crippen LogP contribution < -0.4 is 5.32 Å². The van der Waals surface area contributed by atoms with Crippen LogP contribution in [0.2, 0.25) is 0 Å². The summed E-state index contributed by atoms with van der Waals surface area (Å²) in [6, 6.07) is 1.32. The van der Waals surface area contributed by atoms with Gasteiger partial charge in [0.15, 0.2) is 0 Å². The molecule has 3 heteroatoms. The number of nitrogens with zero attached hydrogens (tertiary/aromatic N) is 1. The molecule has 2 saturated heterocycles. The van der Waals surface area contributed by atoms with E-state index in [1.165, 1.54) is 32.1 Å². The van der Waals surface area contributed by atoms with Gasteiger partial charge in [-0.2, -0.15) is 0 Å². The van der Waals surface area contributed by atoms with Crippen LogP contribution in [0, 0.1) is 0 Å². The van der Waals surface area contributed by atoms with E-state index in [2.05, 4.69) is 24.1 Å². The Balaban J connectivity index is 1.90. The summed E-state index contributed by atoms with van der Waals surface area (Å²) in [5, 5.41) is 3.41. The van der Waals surface area contributed by atoms with Crippen molar-refractivity contribution in [2.45, 2.75) is 70.5 Å². The fourth-order valence-electron chi connectivity index (χ4n) is 3.16. The number of carbonyl (C=O) groups excluding carboxylic acids is 1. The largest absolute Gasteiger partial charge is 0.337 e. The van der Waals surface area contributed by atoms with Crippen LogP contribution in [-0.4, -0.2) is 35.5 Å². The molecule has 2 heterocycles. The molecule has 0 aliphatic carbocycles. The number of piperidine rings is 1. The Morgan fingerprint density at radius 1 is 1.19 bits per heavy atom. The highest BCUT2D eigenvalue weighted by molar-refractivity contribution is 5.77. The van der Waals surface area contributed by atoms with E-state index in [9.17, 15) is 4.79 Å². The van der Waals surface area contributed by atoms with E-state index in [0.717, 1.165) is 6.54 Å². The second kappa shape index (κ2) is 5.17. The van der Waals surface area contributed by atoms with Crippen molar-refractivity contribution >= 4 is 5.91 Å². The maximum absolute atomic E-state index is 12.3. The van der Waals surface area contributed by atoms with Crippen molar-refractivity contribution in [2.75, 3.05) is 6.54 Å². The lowest BCUT2D eigenvalue weighted by molar-refractivity contribution is -0.137. The minimum absolute atomic E-state index is 0.360. The van der Waals surface area contributed by atoms with Crippen LogP contribution in [0.5, 0.6) is 0 Å². The third-order valence-corrected chi connectivity index (χ3v) is 4.06. The highest BCUT2D eigenvalue weighted by atomic mass is 16.2. The first-order chi connectivity index (χ1) is 7.68. The highest BCUT2D eigenvalue weighted by Gasteiger charge is 2.30. The maximum Gasteiger partial charge on any atom is 0.224 e. The molecular formula is C13H24N2O. The summed E-state index contributed by atoms with van der Waals surface area (Å²) in [7, 11) is 0. The van der Waals surface area contributed by atoms with Crippen molar-refractivity contribution in [2.24, 2.45) is 0 Å². The van der Waals surface area contributed by atoms with Crippen molar-refractivity contribution in [1.29, 1.82) is 0 Å². The molecule has 16 heavy (non-hydrogen) atoms. The molecule has 0 radical (unpaired) electrons. The van der Waals surface area contributed by atoms with Crippen LogP contribution in [0.15, 0.2) is 0 Å². The first-order valence-electron chi connectivity index (χ1n) is 6.73. The molecule has 92 valence electrons. The van der Waals surface area contributed by atoms with Crippen LogP contribution in [0.1, 0.15) is 52.4 Å². The molecule has 2 aliphatic rings. The van der Waals surface area contributed by atoms with Gasteiger partial charge in [-0.25, -0.2) is 0 Å². The number of likely N-dealkylation sites (tertiary alicyclic amines) is 1. The SMILES string of the molecule is CC1CCCC(C)N1C(=O)CC1CCCN1. The monoisotopic (exact) mass is 224 g/mol. The zero-order chi connectivity index (χ0) is 11.5. The Morgan fingerprint density at radius 2 is 1.88 bits per heavy atom. The topological polar surface area (TPSA) is 32.3 Å². The summed E-state index contributed by atoms with van der Waals surface area (Å²) in [5.74, 6) is 0.360. The van der Waals surface area contributed by atoms with E-state index in [-0.39, 0.29) is 0 Å². The van der Waals surface area contributed by atoms with Crippen molar-refractivity contribution in [3.8, 4) is 0 Å². The third-order valence-electron chi connectivity index (χ3n) is 4.06. The van der Waals surface area contributed by atoms with Gasteiger partial charge in [0.05, 0.1) is 0 Å². The Hall–Kier alpha value is -0.570. The van der Waals surface area contributed by atoms with Gasteiger partial charge < -0.3 is 10.2 Å². The van der Waals surface area contributed by atoms with Crippen molar-refractivity contribution in [3.05, 3.63) is 0 Å². The Morgan fingerprint density at radius 3 is 2.44 bits per heavy atom. The summed E-state index contributed by atoms with van der Waals surface area (Å²) in [5.41, 5.74) is 0. The molecule has 0 spiro atoms. The molecule has 0 saturated carbocycles. The van der Waals surface area contributed by atoms with Crippen molar-refractivity contribution in [3.63, 3.8) is 0 Å². The number of hydrogen-bond donors (Lipinski definition) is 1. The van der Waals surface area contributed by atoms with E-state index in [0.29, 0.717) is 30.5 Å². The Labute approximate surface area is 98.6 Å². The number of rotatable bonds is 2. The molecule has 0 aromatic carbocycles. The highest BCUT2D eigenvalue weighted by Crippen LogP contribution is 2.24. The zero-order valence-corrected chi connectivity index (χ0v) is 10.5. The lowest BCUT2D eigenvalue weighted by Crippen LogP contribution is -2.48. The quantitative estimate of drug-likeness (QED) is 0.777. The molecule has 3 atom stereocenters. The molecule has 1 N–H and O–H groups in total. The molecule has 3 nitrogen and oxygen atoms in total. The first-order valence-corrected chi connectivity index (χ1v) is 6.73. The second-order valence-corrected chi connectivity index (χ2v) is 5.43. The minimum Gasteiger partial charge on any atom is -0.337 e. The number of hydrogen-bond acceptors (Lipinski definition) is 2. The second-order valence-electron chi connectivity index (χ2n) is 5.43. The number of carbonyl (C=O) groups is 1. The summed E-state index contributed by atoms with van der Waals surface area (Å²) < 4.78 is 0.